The molecule has 0 spiro atoms. The van der Waals surface area contributed by atoms with Crippen molar-refractivity contribution in [2.24, 2.45) is 0 Å². The van der Waals surface area contributed by atoms with Crippen molar-refractivity contribution in [3.05, 3.63) is 66.1 Å². The molecule has 11 nitrogen and oxygen atoms in total. The summed E-state index contributed by atoms with van der Waals surface area (Å²) in [7, 11) is -4.20. The Balaban J connectivity index is 0.00000441. The van der Waals surface area contributed by atoms with Crippen LogP contribution in [0, 0.1) is 18.6 Å². The minimum atomic E-state index is -2.13. The van der Waals surface area contributed by atoms with Crippen molar-refractivity contribution in [3.63, 3.8) is 0 Å². The van der Waals surface area contributed by atoms with Crippen molar-refractivity contribution in [1.29, 1.82) is 0 Å². The molecule has 1 aliphatic rings. The molecule has 0 aliphatic heterocycles. The summed E-state index contributed by atoms with van der Waals surface area (Å²) in [5.41, 5.74) is -1.65. The summed E-state index contributed by atoms with van der Waals surface area (Å²) in [4.78, 5) is 40.0. The van der Waals surface area contributed by atoms with Crippen LogP contribution in [0.25, 0.3) is 0 Å². The molecular formula is C26H33B2F2KN3O8-. The van der Waals surface area contributed by atoms with Crippen molar-refractivity contribution in [2.75, 3.05) is 13.1 Å². The largest absolute Gasteiger partial charge is 1.00 e. The Bertz CT molecular complexity index is 1220. The number of hydrogen-bond donors (Lipinski definition) is 6. The van der Waals surface area contributed by atoms with Crippen LogP contribution in [0.2, 0.25) is 0 Å². The predicted octanol–water partition coefficient (Wildman–Crippen LogP) is -3.93. The van der Waals surface area contributed by atoms with Gasteiger partial charge >= 0.3 is 65.6 Å². The van der Waals surface area contributed by atoms with Gasteiger partial charge in [0.15, 0.2) is 0 Å². The second-order valence-electron chi connectivity index (χ2n) is 9.63. The smallest absolute Gasteiger partial charge is 0.870 e. The van der Waals surface area contributed by atoms with Crippen LogP contribution in [0.3, 0.4) is 0 Å². The van der Waals surface area contributed by atoms with E-state index >= 15 is 0 Å². The standard InChI is InChI=1S/C26H32B2F2N3O7.K.H2O/c1-2-3-14-31-22(34)15-33(26(36)19-7-5-9-21(24(19)30)28(39)40)17-12-10-16(11-13-17)32-25(35)18-6-4-8-20(23(18)29)27(37)38;;/h4-9,16-17,37-40H,1-3,10-15H2,(H,31,34)(H,32,35);;1H2/q-1;+1;/p-1. The van der Waals surface area contributed by atoms with Crippen LogP contribution in [0.4, 0.5) is 8.78 Å². The zero-order valence-corrected chi connectivity index (χ0v) is 26.4. The molecule has 0 aromatic heterocycles. The summed E-state index contributed by atoms with van der Waals surface area (Å²) in [6.45, 7) is 3.71. The zero-order chi connectivity index (χ0) is 29.4. The number of carbonyl (C=O) groups excluding carboxylic acids is 3. The molecular weight excluding hydrogens is 581 g/mol. The maximum Gasteiger partial charge on any atom is 1.00 e. The van der Waals surface area contributed by atoms with Gasteiger partial charge in [-0.1, -0.05) is 30.7 Å². The van der Waals surface area contributed by atoms with Crippen LogP contribution in [0.15, 0.2) is 36.4 Å². The fourth-order valence-corrected chi connectivity index (χ4v) is 4.72. The number of halogens is 2. The third-order valence-electron chi connectivity index (χ3n) is 6.89. The minimum Gasteiger partial charge on any atom is -0.870 e. The van der Waals surface area contributed by atoms with Crippen molar-refractivity contribution < 1.29 is 100 Å². The topological polar surface area (TPSA) is 189 Å². The quantitative estimate of drug-likeness (QED) is 0.0841. The van der Waals surface area contributed by atoms with Gasteiger partial charge in [-0.05, 0) is 37.8 Å². The number of amides is 3. The van der Waals surface area contributed by atoms with Crippen LogP contribution in [-0.2, 0) is 4.79 Å². The summed E-state index contributed by atoms with van der Waals surface area (Å²) in [5, 5.41) is 42.9. The minimum absolute atomic E-state index is 0. The van der Waals surface area contributed by atoms with Gasteiger partial charge in [0.1, 0.15) is 18.2 Å². The van der Waals surface area contributed by atoms with Crippen molar-refractivity contribution in [1.82, 2.24) is 15.5 Å². The van der Waals surface area contributed by atoms with E-state index in [1.165, 1.54) is 29.2 Å². The Morgan fingerprint density at radius 3 is 1.95 bits per heavy atom. The number of nitrogens with one attached hydrogen (secondary N) is 2. The van der Waals surface area contributed by atoms with Crippen LogP contribution in [0.5, 0.6) is 0 Å². The van der Waals surface area contributed by atoms with Gasteiger partial charge in [-0.2, -0.15) is 6.42 Å². The zero-order valence-electron chi connectivity index (χ0n) is 23.3. The molecule has 0 heterocycles. The molecule has 3 amide bonds. The summed E-state index contributed by atoms with van der Waals surface area (Å²) in [5.74, 6) is -4.10. The first-order chi connectivity index (χ1) is 19.0. The van der Waals surface area contributed by atoms with Crippen LogP contribution in [-0.4, -0.2) is 87.6 Å². The van der Waals surface area contributed by atoms with Gasteiger partial charge in [0.2, 0.25) is 5.91 Å². The van der Waals surface area contributed by atoms with Gasteiger partial charge in [0.25, 0.3) is 11.8 Å². The molecule has 0 unspecified atom stereocenters. The van der Waals surface area contributed by atoms with E-state index in [-0.39, 0.29) is 69.0 Å². The summed E-state index contributed by atoms with van der Waals surface area (Å²) < 4.78 is 29.5. The average molecular weight is 614 g/mol. The van der Waals surface area contributed by atoms with Gasteiger partial charge in [0.05, 0.1) is 11.1 Å². The van der Waals surface area contributed by atoms with E-state index in [1.807, 2.05) is 0 Å². The first kappa shape index (κ1) is 38.3. The second-order valence-corrected chi connectivity index (χ2v) is 9.63. The molecule has 42 heavy (non-hydrogen) atoms. The van der Waals surface area contributed by atoms with Crippen molar-refractivity contribution >= 4 is 42.9 Å². The van der Waals surface area contributed by atoms with Gasteiger partial charge in [-0.3, -0.25) is 14.4 Å². The summed E-state index contributed by atoms with van der Waals surface area (Å²) in [6.07, 6.45) is 2.65. The average Bonchev–Trinajstić information content (AvgIpc) is 2.92. The Kier molecular flexibility index (Phi) is 16.6. The first-order valence-electron chi connectivity index (χ1n) is 13.0. The SMILES string of the molecule is [CH2-]CCCNC(=O)CN(C(=O)c1cccc(B(O)O)c1F)C1CCC(NC(=O)c2cccc(B(O)O)c2F)CC1.[K+].[OH-]. The van der Waals surface area contributed by atoms with Crippen LogP contribution in [0.1, 0.15) is 59.2 Å². The Labute approximate surface area is 286 Å². The first-order valence-corrected chi connectivity index (χ1v) is 13.0. The molecule has 1 fully saturated rings. The fourth-order valence-electron chi connectivity index (χ4n) is 4.72. The van der Waals surface area contributed by atoms with E-state index < -0.39 is 72.2 Å². The molecule has 1 saturated carbocycles. The maximum absolute atomic E-state index is 15.0. The molecule has 222 valence electrons. The maximum atomic E-state index is 15.0. The Morgan fingerprint density at radius 2 is 1.43 bits per heavy atom. The molecule has 3 rings (SSSR count). The predicted molar refractivity (Wildman–Crippen MR) is 147 cm³/mol. The molecule has 0 bridgehead atoms. The molecule has 1 aliphatic carbocycles. The number of nitrogens with zero attached hydrogens (tertiary/aromatic N) is 1. The Morgan fingerprint density at radius 1 is 0.905 bits per heavy atom. The van der Waals surface area contributed by atoms with Gasteiger partial charge in [-0.15, -0.1) is 0 Å². The van der Waals surface area contributed by atoms with Gasteiger partial charge in [0, 0.05) is 29.6 Å². The third-order valence-corrected chi connectivity index (χ3v) is 6.89. The number of benzene rings is 2. The molecule has 2 aromatic rings. The van der Waals surface area contributed by atoms with E-state index in [0.29, 0.717) is 45.1 Å². The number of carbonyl (C=O) groups is 3. The van der Waals surface area contributed by atoms with Crippen molar-refractivity contribution in [2.45, 2.75) is 50.6 Å². The molecule has 0 radical (unpaired) electrons. The molecule has 0 saturated heterocycles. The molecule has 16 heteroatoms. The number of unbranched alkanes of at least 4 members (excludes halogenated alkanes) is 1. The second kappa shape index (κ2) is 18.2. The summed E-state index contributed by atoms with van der Waals surface area (Å²) in [6, 6.07) is 6.48. The van der Waals surface area contributed by atoms with Crippen LogP contribution < -0.4 is 72.9 Å². The monoisotopic (exact) mass is 614 g/mol. The van der Waals surface area contributed by atoms with Gasteiger partial charge < -0.3 is 48.0 Å². The van der Waals surface area contributed by atoms with E-state index in [9.17, 15) is 43.3 Å². The third kappa shape index (κ3) is 9.91. The van der Waals surface area contributed by atoms with Crippen LogP contribution >= 0.6 is 0 Å². The fraction of sp³-hybridized carbons (Fsp3) is 0.385. The molecule has 7 N–H and O–H groups in total. The van der Waals surface area contributed by atoms with E-state index in [0.717, 1.165) is 12.1 Å². The van der Waals surface area contributed by atoms with E-state index in [2.05, 4.69) is 17.6 Å². The normalized spacial score (nSPS) is 15.9. The molecule has 0 atom stereocenters. The van der Waals surface area contributed by atoms with Crippen molar-refractivity contribution in [3.8, 4) is 0 Å². The van der Waals surface area contributed by atoms with E-state index in [4.69, 9.17) is 0 Å². The summed E-state index contributed by atoms with van der Waals surface area (Å²) >= 11 is 0. The number of rotatable bonds is 11. The number of hydrogen-bond acceptors (Lipinski definition) is 8. The molecule has 2 aromatic carbocycles. The van der Waals surface area contributed by atoms with Gasteiger partial charge in [-0.25, -0.2) is 8.78 Å². The van der Waals surface area contributed by atoms with E-state index in [1.54, 1.807) is 0 Å². The Hall–Kier alpha value is -1.72.